The van der Waals surface area contributed by atoms with Gasteiger partial charge in [-0.15, -0.1) is 22.9 Å². The van der Waals surface area contributed by atoms with Gasteiger partial charge in [-0.05, 0) is 30.9 Å². The molecule has 8 nitrogen and oxygen atoms in total. The number of halogens is 2. The highest BCUT2D eigenvalue weighted by molar-refractivity contribution is 7.17. The molecule has 1 aliphatic carbocycles. The van der Waals surface area contributed by atoms with E-state index in [-0.39, 0.29) is 40.5 Å². The van der Waals surface area contributed by atoms with Gasteiger partial charge < -0.3 is 15.0 Å². The first-order chi connectivity index (χ1) is 16.4. The monoisotopic (exact) mass is 506 g/mol. The van der Waals surface area contributed by atoms with Crippen molar-refractivity contribution >= 4 is 40.5 Å². The van der Waals surface area contributed by atoms with E-state index in [1.165, 1.54) is 23.4 Å². The summed E-state index contributed by atoms with van der Waals surface area (Å²) in [5, 5.41) is 9.85. The Morgan fingerprint density at radius 3 is 2.79 bits per heavy atom. The number of thiophene rings is 1. The van der Waals surface area contributed by atoms with E-state index in [1.807, 2.05) is 0 Å². The number of rotatable bonds is 5. The summed E-state index contributed by atoms with van der Waals surface area (Å²) in [5.41, 5.74) is 0.521. The van der Waals surface area contributed by atoms with Crippen molar-refractivity contribution in [2.45, 2.75) is 55.7 Å². The van der Waals surface area contributed by atoms with Crippen molar-refractivity contribution in [2.75, 3.05) is 13.2 Å². The summed E-state index contributed by atoms with van der Waals surface area (Å²) < 4.78 is 20.1. The van der Waals surface area contributed by atoms with Gasteiger partial charge >= 0.3 is 0 Å². The summed E-state index contributed by atoms with van der Waals surface area (Å²) in [6.07, 6.45) is 6.94. The molecule has 2 aromatic rings. The molecule has 3 aliphatic rings. The topological polar surface area (TPSA) is 101 Å². The van der Waals surface area contributed by atoms with Gasteiger partial charge in [0.1, 0.15) is 30.6 Å². The second kappa shape index (κ2) is 9.67. The van der Waals surface area contributed by atoms with Gasteiger partial charge in [-0.25, -0.2) is 4.39 Å². The fourth-order valence-electron chi connectivity index (χ4n) is 5.17. The third-order valence-corrected chi connectivity index (χ3v) is 8.38. The number of alkyl halides is 1. The highest BCUT2D eigenvalue weighted by atomic mass is 35.5. The maximum absolute atomic E-state index is 14.6. The number of hydrogen-bond acceptors (Lipinski definition) is 7. The van der Waals surface area contributed by atoms with Crippen LogP contribution in [-0.2, 0) is 14.3 Å². The van der Waals surface area contributed by atoms with Crippen molar-refractivity contribution in [1.82, 2.24) is 20.4 Å². The van der Waals surface area contributed by atoms with Crippen LogP contribution in [0, 0.1) is 11.7 Å². The minimum Gasteiger partial charge on any atom is -0.366 e. The van der Waals surface area contributed by atoms with Crippen LogP contribution < -0.4 is 5.32 Å². The average molecular weight is 507 g/mol. The minimum atomic E-state index is -0.819. The Morgan fingerprint density at radius 2 is 2.06 bits per heavy atom. The number of Topliss-reactive ketones (excluding diaryl/α,β-unsaturated/α-hetero) is 1. The van der Waals surface area contributed by atoms with Crippen LogP contribution in [0.3, 0.4) is 0 Å². The smallest absolute Gasteiger partial charge is 0.262 e. The summed E-state index contributed by atoms with van der Waals surface area (Å²) >= 11 is 7.37. The van der Waals surface area contributed by atoms with Crippen LogP contribution in [0.1, 0.15) is 41.8 Å². The highest BCUT2D eigenvalue weighted by Gasteiger charge is 2.53. The molecule has 0 radical (unpaired) electrons. The van der Waals surface area contributed by atoms with Crippen LogP contribution in [0.15, 0.2) is 24.5 Å². The average Bonchev–Trinajstić information content (AvgIpc) is 3.53. The molecule has 1 N–H and O–H groups in total. The maximum Gasteiger partial charge on any atom is 0.262 e. The molecular formula is C23H24ClFN4O4S. The number of amides is 2. The fourth-order valence-corrected chi connectivity index (χ4v) is 6.45. The van der Waals surface area contributed by atoms with Crippen molar-refractivity contribution < 1.29 is 23.5 Å². The first-order valence-corrected chi connectivity index (χ1v) is 12.7. The number of hydrogen-bond donors (Lipinski definition) is 1. The number of aromatic nitrogens is 2. The Kier molecular flexibility index (Phi) is 6.63. The standard InChI is InChI=1S/C23H24ClFN4O4S/c24-14-10-29(19-16(30)11-33-20(14)19)23(32)18(12-4-2-1-3-5-12)28-22(31)17-8-15(25)21(34-17)13-6-7-26-27-9-13/h6-9,12,14,18-20H,1-5,10-11H2,(H,28,31). The summed E-state index contributed by atoms with van der Waals surface area (Å²) in [5.74, 6) is -1.62. The van der Waals surface area contributed by atoms with Crippen LogP contribution in [0.2, 0.25) is 0 Å². The zero-order valence-electron chi connectivity index (χ0n) is 18.3. The molecule has 5 rings (SSSR count). The number of ether oxygens (including phenoxy) is 1. The lowest BCUT2D eigenvalue weighted by molar-refractivity contribution is -0.139. The summed E-state index contributed by atoms with van der Waals surface area (Å²) in [4.78, 5) is 41.2. The highest BCUT2D eigenvalue weighted by Crippen LogP contribution is 2.35. The van der Waals surface area contributed by atoms with Crippen molar-refractivity contribution in [1.29, 1.82) is 0 Å². The van der Waals surface area contributed by atoms with E-state index >= 15 is 0 Å². The van der Waals surface area contributed by atoms with Gasteiger partial charge in [-0.3, -0.25) is 14.4 Å². The molecular weight excluding hydrogens is 483 g/mol. The van der Waals surface area contributed by atoms with Gasteiger partial charge in [0.05, 0.1) is 27.5 Å². The molecule has 4 unspecified atom stereocenters. The lowest BCUT2D eigenvalue weighted by Crippen LogP contribution is -2.55. The molecule has 11 heteroatoms. The molecule has 2 aliphatic heterocycles. The number of carbonyl (C=O) groups excluding carboxylic acids is 3. The van der Waals surface area contributed by atoms with Gasteiger partial charge in [0.15, 0.2) is 5.78 Å². The summed E-state index contributed by atoms with van der Waals surface area (Å²) in [7, 11) is 0. The molecule has 1 saturated carbocycles. The number of carbonyl (C=O) groups is 3. The van der Waals surface area contributed by atoms with Crippen molar-refractivity contribution in [3.05, 3.63) is 35.2 Å². The largest absolute Gasteiger partial charge is 0.366 e. The van der Waals surface area contributed by atoms with Gasteiger partial charge in [-0.1, -0.05) is 19.3 Å². The number of ketones is 1. The van der Waals surface area contributed by atoms with Crippen molar-refractivity contribution in [3.8, 4) is 10.4 Å². The van der Waals surface area contributed by atoms with Crippen LogP contribution in [0.5, 0.6) is 0 Å². The predicted molar refractivity (Wildman–Crippen MR) is 123 cm³/mol. The second-order valence-corrected chi connectivity index (χ2v) is 10.6. The maximum atomic E-state index is 14.6. The van der Waals surface area contributed by atoms with Gasteiger partial charge in [0, 0.05) is 12.1 Å². The van der Waals surface area contributed by atoms with E-state index in [0.717, 1.165) is 43.4 Å². The lowest BCUT2D eigenvalue weighted by Gasteiger charge is -2.34. The Labute approximate surface area is 204 Å². The fraction of sp³-hybridized carbons (Fsp3) is 0.522. The van der Waals surface area contributed by atoms with Crippen molar-refractivity contribution in [3.63, 3.8) is 0 Å². The predicted octanol–water partition coefficient (Wildman–Crippen LogP) is 2.81. The molecule has 0 spiro atoms. The molecule has 4 atom stereocenters. The quantitative estimate of drug-likeness (QED) is 0.626. The molecule has 4 heterocycles. The Morgan fingerprint density at radius 1 is 1.26 bits per heavy atom. The van der Waals surface area contributed by atoms with E-state index in [9.17, 15) is 18.8 Å². The zero-order valence-corrected chi connectivity index (χ0v) is 19.9. The van der Waals surface area contributed by atoms with Crippen LogP contribution in [0.25, 0.3) is 10.4 Å². The third kappa shape index (κ3) is 4.34. The Balaban J connectivity index is 1.39. The number of nitrogens with zero attached hydrogens (tertiary/aromatic N) is 3. The number of nitrogens with one attached hydrogen (secondary N) is 1. The SMILES string of the molecule is O=C(NC(C(=O)N1CC(Cl)C2OCC(=O)C21)C1CCCCC1)c1cc(F)c(-c2ccnnc2)s1. The normalized spacial score (nSPS) is 25.9. The third-order valence-electron chi connectivity index (χ3n) is 6.84. The minimum absolute atomic E-state index is 0.0656. The van der Waals surface area contributed by atoms with Crippen LogP contribution in [0.4, 0.5) is 4.39 Å². The molecule has 34 heavy (non-hydrogen) atoms. The number of likely N-dealkylation sites (tertiary alicyclic amines) is 1. The first-order valence-electron chi connectivity index (χ1n) is 11.4. The van der Waals surface area contributed by atoms with Gasteiger partial charge in [0.2, 0.25) is 5.91 Å². The lowest BCUT2D eigenvalue weighted by atomic mass is 9.83. The Hall–Kier alpha value is -2.43. The van der Waals surface area contributed by atoms with Crippen LogP contribution in [-0.4, -0.2) is 69.4 Å². The van der Waals surface area contributed by atoms with Gasteiger partial charge in [0.25, 0.3) is 5.91 Å². The van der Waals surface area contributed by atoms with E-state index in [1.54, 1.807) is 6.07 Å². The summed E-state index contributed by atoms with van der Waals surface area (Å²) in [6, 6.07) is 1.25. The molecule has 0 aromatic carbocycles. The molecule has 2 amide bonds. The van der Waals surface area contributed by atoms with E-state index in [4.69, 9.17) is 16.3 Å². The van der Waals surface area contributed by atoms with Crippen LogP contribution >= 0.6 is 22.9 Å². The number of fused-ring (bicyclic) bond motifs is 1. The Bertz CT molecular complexity index is 1090. The van der Waals surface area contributed by atoms with Gasteiger partial charge in [-0.2, -0.15) is 10.2 Å². The molecule has 180 valence electrons. The van der Waals surface area contributed by atoms with E-state index < -0.39 is 35.3 Å². The zero-order chi connectivity index (χ0) is 23.8. The molecule has 2 aromatic heterocycles. The molecule has 3 fully saturated rings. The van der Waals surface area contributed by atoms with E-state index in [2.05, 4.69) is 15.5 Å². The first kappa shape index (κ1) is 23.3. The van der Waals surface area contributed by atoms with Crippen molar-refractivity contribution in [2.24, 2.45) is 5.92 Å². The molecule has 2 saturated heterocycles. The van der Waals surface area contributed by atoms with E-state index in [0.29, 0.717) is 5.56 Å². The molecule has 0 bridgehead atoms. The summed E-state index contributed by atoms with van der Waals surface area (Å²) in [6.45, 7) is 0.122. The second-order valence-electron chi connectivity index (χ2n) is 8.96.